The number of hydrogen-bond donors (Lipinski definition) is 0. The smallest absolute Gasteiger partial charge is 0.135 e. The van der Waals surface area contributed by atoms with Gasteiger partial charge in [-0.3, -0.25) is 0 Å². The minimum absolute atomic E-state index is 0.983. The maximum atomic E-state index is 4.25. The molecule has 12 heavy (non-hydrogen) atoms. The van der Waals surface area contributed by atoms with Crippen molar-refractivity contribution in [2.75, 3.05) is 0 Å². The number of hydrogen-bond acceptors (Lipinski definition) is 1. The van der Waals surface area contributed by atoms with Crippen LogP contribution < -0.4 is 0 Å². The van der Waals surface area contributed by atoms with Crippen molar-refractivity contribution in [3.63, 3.8) is 0 Å². The van der Waals surface area contributed by atoms with Gasteiger partial charge in [0, 0.05) is 19.4 Å². The van der Waals surface area contributed by atoms with Crippen molar-refractivity contribution in [1.82, 2.24) is 9.55 Å². The Morgan fingerprint density at radius 3 is 2.92 bits per heavy atom. The molecule has 0 aromatic carbocycles. The number of allylic oxidation sites excluding steroid dienone is 3. The van der Waals surface area contributed by atoms with Crippen LogP contribution in [0.1, 0.15) is 19.2 Å². The first-order chi connectivity index (χ1) is 5.79. The van der Waals surface area contributed by atoms with E-state index < -0.39 is 0 Å². The molecule has 0 saturated heterocycles. The number of rotatable bonds is 3. The van der Waals surface area contributed by atoms with Crippen LogP contribution >= 0.6 is 0 Å². The maximum absolute atomic E-state index is 4.25. The van der Waals surface area contributed by atoms with E-state index >= 15 is 0 Å². The Kier molecular flexibility index (Phi) is 2.86. The third-order valence-corrected chi connectivity index (χ3v) is 1.81. The van der Waals surface area contributed by atoms with Gasteiger partial charge in [-0.1, -0.05) is 25.7 Å². The Morgan fingerprint density at radius 1 is 1.75 bits per heavy atom. The molecule has 0 fully saturated rings. The highest BCUT2D eigenvalue weighted by Crippen LogP contribution is 2.14. The molecule has 1 aromatic rings. The third-order valence-electron chi connectivity index (χ3n) is 1.81. The molecular formula is C10H14N2. The van der Waals surface area contributed by atoms with Gasteiger partial charge in [-0.25, -0.2) is 4.98 Å². The Labute approximate surface area is 73.2 Å². The maximum Gasteiger partial charge on any atom is 0.135 e. The van der Waals surface area contributed by atoms with Crippen LogP contribution in [0.2, 0.25) is 0 Å². The fraction of sp³-hybridized carbons (Fsp3) is 0.300. The van der Waals surface area contributed by atoms with Crippen molar-refractivity contribution < 1.29 is 0 Å². The molecule has 0 aliphatic rings. The van der Waals surface area contributed by atoms with Gasteiger partial charge < -0.3 is 4.57 Å². The van der Waals surface area contributed by atoms with Gasteiger partial charge in [-0.2, -0.15) is 0 Å². The Bertz CT molecular complexity index is 295. The SMILES string of the molecule is C=C/C=C(/CC)c1nccn1C. The highest BCUT2D eigenvalue weighted by molar-refractivity contribution is 5.61. The van der Waals surface area contributed by atoms with E-state index in [-0.39, 0.29) is 0 Å². The predicted molar refractivity (Wildman–Crippen MR) is 51.7 cm³/mol. The Balaban J connectivity index is 3.02. The first-order valence-electron chi connectivity index (χ1n) is 4.09. The minimum atomic E-state index is 0.983. The van der Waals surface area contributed by atoms with Gasteiger partial charge in [-0.15, -0.1) is 0 Å². The lowest BCUT2D eigenvalue weighted by Crippen LogP contribution is -1.95. The first kappa shape index (κ1) is 8.78. The predicted octanol–water partition coefficient (Wildman–Crippen LogP) is 2.40. The summed E-state index contributed by atoms with van der Waals surface area (Å²) in [5.41, 5.74) is 1.22. The van der Waals surface area contributed by atoms with Gasteiger partial charge in [0.15, 0.2) is 0 Å². The van der Waals surface area contributed by atoms with E-state index in [1.165, 1.54) is 5.57 Å². The average Bonchev–Trinajstić information content (AvgIpc) is 2.47. The molecular weight excluding hydrogens is 148 g/mol. The summed E-state index contributed by atoms with van der Waals surface area (Å²) in [5, 5.41) is 0. The molecule has 64 valence electrons. The fourth-order valence-electron chi connectivity index (χ4n) is 1.17. The van der Waals surface area contributed by atoms with Crippen LogP contribution in [-0.2, 0) is 7.05 Å². The first-order valence-corrected chi connectivity index (χ1v) is 4.09. The number of nitrogens with zero attached hydrogens (tertiary/aromatic N) is 2. The molecule has 0 aliphatic heterocycles. The molecule has 1 heterocycles. The number of aryl methyl sites for hydroxylation is 1. The summed E-state index contributed by atoms with van der Waals surface area (Å²) in [7, 11) is 1.99. The van der Waals surface area contributed by atoms with Crippen LogP contribution in [0.25, 0.3) is 5.57 Å². The lowest BCUT2D eigenvalue weighted by atomic mass is 10.2. The van der Waals surface area contributed by atoms with E-state index in [9.17, 15) is 0 Å². The van der Waals surface area contributed by atoms with Crippen molar-refractivity contribution in [1.29, 1.82) is 0 Å². The summed E-state index contributed by atoms with van der Waals surface area (Å²) in [6, 6.07) is 0. The van der Waals surface area contributed by atoms with E-state index in [4.69, 9.17) is 0 Å². The molecule has 0 saturated carbocycles. The molecule has 2 heteroatoms. The lowest BCUT2D eigenvalue weighted by molar-refractivity contribution is 0.881. The van der Waals surface area contributed by atoms with Gasteiger partial charge in [-0.05, 0) is 12.0 Å². The zero-order valence-corrected chi connectivity index (χ0v) is 7.62. The van der Waals surface area contributed by atoms with E-state index in [0.29, 0.717) is 0 Å². The summed E-state index contributed by atoms with van der Waals surface area (Å²) < 4.78 is 2.01. The molecule has 0 amide bonds. The monoisotopic (exact) mass is 162 g/mol. The summed E-state index contributed by atoms with van der Waals surface area (Å²) in [4.78, 5) is 4.25. The Morgan fingerprint density at radius 2 is 2.50 bits per heavy atom. The van der Waals surface area contributed by atoms with E-state index in [1.54, 1.807) is 6.08 Å². The summed E-state index contributed by atoms with van der Waals surface area (Å²) in [5.74, 6) is 1.03. The number of aromatic nitrogens is 2. The summed E-state index contributed by atoms with van der Waals surface area (Å²) >= 11 is 0. The highest BCUT2D eigenvalue weighted by Gasteiger charge is 2.02. The van der Waals surface area contributed by atoms with Crippen LogP contribution in [0.5, 0.6) is 0 Å². The third kappa shape index (κ3) is 1.64. The van der Waals surface area contributed by atoms with Gasteiger partial charge in [0.1, 0.15) is 5.82 Å². The molecule has 0 aliphatic carbocycles. The molecule has 1 rings (SSSR count). The molecule has 2 nitrogen and oxygen atoms in total. The molecule has 0 radical (unpaired) electrons. The Hall–Kier alpha value is -1.31. The second kappa shape index (κ2) is 3.90. The van der Waals surface area contributed by atoms with Gasteiger partial charge in [0.2, 0.25) is 0 Å². The second-order valence-electron chi connectivity index (χ2n) is 2.64. The fourth-order valence-corrected chi connectivity index (χ4v) is 1.17. The van der Waals surface area contributed by atoms with Gasteiger partial charge in [0.25, 0.3) is 0 Å². The molecule has 0 N–H and O–H groups in total. The highest BCUT2D eigenvalue weighted by atomic mass is 15.0. The second-order valence-corrected chi connectivity index (χ2v) is 2.64. The molecule has 0 spiro atoms. The van der Waals surface area contributed by atoms with Crippen LogP contribution in [0.4, 0.5) is 0 Å². The van der Waals surface area contributed by atoms with Crippen LogP contribution in [0, 0.1) is 0 Å². The van der Waals surface area contributed by atoms with Crippen molar-refractivity contribution in [3.05, 3.63) is 36.9 Å². The average molecular weight is 162 g/mol. The van der Waals surface area contributed by atoms with Crippen molar-refractivity contribution in [2.45, 2.75) is 13.3 Å². The van der Waals surface area contributed by atoms with E-state index in [2.05, 4.69) is 18.5 Å². The largest absolute Gasteiger partial charge is 0.334 e. The molecule has 1 aromatic heterocycles. The number of imidazole rings is 1. The zero-order chi connectivity index (χ0) is 8.97. The lowest BCUT2D eigenvalue weighted by Gasteiger charge is -2.02. The van der Waals surface area contributed by atoms with Crippen LogP contribution in [0.3, 0.4) is 0 Å². The van der Waals surface area contributed by atoms with Crippen molar-refractivity contribution in [3.8, 4) is 0 Å². The molecule has 0 unspecified atom stereocenters. The van der Waals surface area contributed by atoms with E-state index in [0.717, 1.165) is 12.2 Å². The molecule has 0 atom stereocenters. The quantitative estimate of drug-likeness (QED) is 0.624. The normalized spacial score (nSPS) is 11.7. The van der Waals surface area contributed by atoms with Crippen molar-refractivity contribution >= 4 is 5.57 Å². The minimum Gasteiger partial charge on any atom is -0.334 e. The van der Waals surface area contributed by atoms with Gasteiger partial charge in [0.05, 0.1) is 0 Å². The topological polar surface area (TPSA) is 17.8 Å². The van der Waals surface area contributed by atoms with E-state index in [1.807, 2.05) is 30.1 Å². The molecule has 0 bridgehead atoms. The standard InChI is InChI=1S/C10H14N2/c1-4-6-9(5-2)10-11-7-8-12(10)3/h4,6-8H,1,5H2,2-3H3/b9-6-. The summed E-state index contributed by atoms with van der Waals surface area (Å²) in [6.45, 7) is 5.79. The van der Waals surface area contributed by atoms with Crippen LogP contribution in [-0.4, -0.2) is 9.55 Å². The van der Waals surface area contributed by atoms with Crippen molar-refractivity contribution in [2.24, 2.45) is 7.05 Å². The summed E-state index contributed by atoms with van der Waals surface area (Å²) in [6.07, 6.45) is 8.54. The zero-order valence-electron chi connectivity index (χ0n) is 7.62. The van der Waals surface area contributed by atoms with Gasteiger partial charge >= 0.3 is 0 Å². The van der Waals surface area contributed by atoms with Crippen LogP contribution in [0.15, 0.2) is 31.1 Å².